The molecule has 120 valence electrons. The summed E-state index contributed by atoms with van der Waals surface area (Å²) in [5.74, 6) is 0.272. The average Bonchev–Trinajstić information content (AvgIpc) is 2.90. The van der Waals surface area contributed by atoms with E-state index in [0.717, 1.165) is 5.56 Å². The van der Waals surface area contributed by atoms with Gasteiger partial charge in [-0.05, 0) is 38.3 Å². The highest BCUT2D eigenvalue weighted by Crippen LogP contribution is 2.15. The van der Waals surface area contributed by atoms with Gasteiger partial charge in [-0.1, -0.05) is 5.16 Å². The first-order valence-electron chi connectivity index (χ1n) is 7.12. The summed E-state index contributed by atoms with van der Waals surface area (Å²) < 4.78 is 10.0. The van der Waals surface area contributed by atoms with Gasteiger partial charge >= 0.3 is 5.97 Å². The molecule has 0 aliphatic rings. The smallest absolute Gasteiger partial charge is 0.306 e. The van der Waals surface area contributed by atoms with Gasteiger partial charge in [-0.15, -0.1) is 0 Å². The quantitative estimate of drug-likeness (QED) is 0.843. The van der Waals surface area contributed by atoms with Crippen LogP contribution in [0.2, 0.25) is 0 Å². The van der Waals surface area contributed by atoms with Crippen molar-refractivity contribution in [2.45, 2.75) is 40.2 Å². The Morgan fingerprint density at radius 1 is 1.43 bits per heavy atom. The summed E-state index contributed by atoms with van der Waals surface area (Å²) in [6.45, 7) is 5.27. The maximum Gasteiger partial charge on any atom is 0.306 e. The van der Waals surface area contributed by atoms with Crippen LogP contribution in [0.15, 0.2) is 15.4 Å². The molecule has 2 heterocycles. The van der Waals surface area contributed by atoms with E-state index in [2.05, 4.69) is 10.1 Å². The van der Waals surface area contributed by atoms with Crippen molar-refractivity contribution in [3.63, 3.8) is 0 Å². The normalized spacial score (nSPS) is 10.3. The van der Waals surface area contributed by atoms with Crippen molar-refractivity contribution in [3.05, 3.63) is 50.3 Å². The second-order valence-corrected chi connectivity index (χ2v) is 5.26. The van der Waals surface area contributed by atoms with Gasteiger partial charge in [0, 0.05) is 18.2 Å². The summed E-state index contributed by atoms with van der Waals surface area (Å²) in [4.78, 5) is 26.1. The Morgan fingerprint density at radius 3 is 2.78 bits per heavy atom. The predicted molar refractivity (Wildman–Crippen MR) is 80.6 cm³/mol. The van der Waals surface area contributed by atoms with Crippen LogP contribution in [0.1, 0.15) is 40.3 Å². The van der Waals surface area contributed by atoms with E-state index < -0.39 is 5.56 Å². The van der Waals surface area contributed by atoms with Gasteiger partial charge in [0.25, 0.3) is 5.56 Å². The number of hydrogen-bond donors (Lipinski definition) is 1. The van der Waals surface area contributed by atoms with Crippen LogP contribution in [-0.2, 0) is 22.6 Å². The molecular weight excluding hydrogens is 298 g/mol. The average molecular weight is 315 g/mol. The molecule has 0 atom stereocenters. The number of carbonyl (C=O) groups is 1. The lowest BCUT2D eigenvalue weighted by atomic mass is 9.99. The topological polar surface area (TPSA) is 109 Å². The van der Waals surface area contributed by atoms with Gasteiger partial charge in [-0.25, -0.2) is 0 Å². The van der Waals surface area contributed by atoms with Crippen molar-refractivity contribution in [3.8, 4) is 6.07 Å². The fourth-order valence-corrected chi connectivity index (χ4v) is 2.36. The highest BCUT2D eigenvalue weighted by molar-refractivity contribution is 5.69. The first-order valence-corrected chi connectivity index (χ1v) is 7.12. The van der Waals surface area contributed by atoms with Gasteiger partial charge in [0.15, 0.2) is 0 Å². The number of aryl methyl sites for hydroxylation is 2. The number of nitriles is 1. The van der Waals surface area contributed by atoms with Gasteiger partial charge in [0.2, 0.25) is 0 Å². The Kier molecular flexibility index (Phi) is 4.96. The number of rotatable bonds is 5. The monoisotopic (exact) mass is 315 g/mol. The summed E-state index contributed by atoms with van der Waals surface area (Å²) in [5, 5.41) is 12.8. The number of ether oxygens (including phenoxy) is 1. The molecule has 23 heavy (non-hydrogen) atoms. The molecular formula is C16H17N3O4. The van der Waals surface area contributed by atoms with E-state index in [1.54, 1.807) is 26.8 Å². The Bertz CT molecular complexity index is 827. The molecule has 0 aliphatic heterocycles. The van der Waals surface area contributed by atoms with E-state index in [4.69, 9.17) is 14.5 Å². The lowest BCUT2D eigenvalue weighted by Crippen LogP contribution is -2.17. The molecule has 0 amide bonds. The van der Waals surface area contributed by atoms with Gasteiger partial charge in [0.05, 0.1) is 0 Å². The number of nitrogens with zero attached hydrogens (tertiary/aromatic N) is 2. The fraction of sp³-hybridized carbons (Fsp3) is 0.375. The Hall–Kier alpha value is -2.88. The summed E-state index contributed by atoms with van der Waals surface area (Å²) in [5.41, 5.74) is 2.28. The minimum absolute atomic E-state index is 0.0587. The zero-order valence-electron chi connectivity index (χ0n) is 13.2. The number of hydrogen-bond acceptors (Lipinski definition) is 6. The van der Waals surface area contributed by atoms with Gasteiger partial charge in [-0.2, -0.15) is 5.26 Å². The summed E-state index contributed by atoms with van der Waals surface area (Å²) in [7, 11) is 0. The van der Waals surface area contributed by atoms with Crippen LogP contribution >= 0.6 is 0 Å². The molecule has 0 spiro atoms. The van der Waals surface area contributed by atoms with Crippen LogP contribution in [0.25, 0.3) is 0 Å². The molecule has 2 aromatic rings. The molecule has 0 saturated heterocycles. The largest absolute Gasteiger partial charge is 0.459 e. The molecule has 2 aromatic heterocycles. The minimum atomic E-state index is -0.407. The minimum Gasteiger partial charge on any atom is -0.459 e. The highest BCUT2D eigenvalue weighted by atomic mass is 16.5. The van der Waals surface area contributed by atoms with Gasteiger partial charge in [-0.3, -0.25) is 9.59 Å². The predicted octanol–water partition coefficient (Wildman–Crippen LogP) is 1.84. The Balaban J connectivity index is 1.99. The van der Waals surface area contributed by atoms with Crippen molar-refractivity contribution in [1.82, 2.24) is 10.1 Å². The van der Waals surface area contributed by atoms with Gasteiger partial charge < -0.3 is 14.2 Å². The molecule has 0 saturated carbocycles. The first-order chi connectivity index (χ1) is 10.9. The van der Waals surface area contributed by atoms with Crippen molar-refractivity contribution in [2.24, 2.45) is 0 Å². The lowest BCUT2D eigenvalue weighted by Gasteiger charge is -2.10. The molecule has 1 N–H and O–H groups in total. The third-order valence-corrected chi connectivity index (χ3v) is 3.56. The molecule has 0 radical (unpaired) electrons. The zero-order valence-corrected chi connectivity index (χ0v) is 13.2. The standard InChI is InChI=1S/C16H17N3O4/c1-9-6-12(19-23-9)8-22-15(20)5-4-13-10(2)14(7-17)16(21)18-11(13)3/h6H,4-5,8H2,1-3H3,(H,18,21). The van der Waals surface area contributed by atoms with E-state index in [9.17, 15) is 9.59 Å². The third kappa shape index (κ3) is 3.86. The number of H-pyrrole nitrogens is 1. The number of carbonyl (C=O) groups excluding carboxylic acids is 1. The van der Waals surface area contributed by atoms with Crippen LogP contribution in [0.5, 0.6) is 0 Å². The maximum absolute atomic E-state index is 11.8. The van der Waals surface area contributed by atoms with Crippen LogP contribution < -0.4 is 5.56 Å². The second kappa shape index (κ2) is 6.92. The highest BCUT2D eigenvalue weighted by Gasteiger charge is 2.14. The number of aromatic amines is 1. The van der Waals surface area contributed by atoms with Crippen LogP contribution in [0, 0.1) is 32.1 Å². The number of aromatic nitrogens is 2. The molecule has 7 heteroatoms. The van der Waals surface area contributed by atoms with Crippen LogP contribution in [-0.4, -0.2) is 16.1 Å². The summed E-state index contributed by atoms with van der Waals surface area (Å²) >= 11 is 0. The van der Waals surface area contributed by atoms with E-state index >= 15 is 0 Å². The van der Waals surface area contributed by atoms with Crippen molar-refractivity contribution < 1.29 is 14.1 Å². The first kappa shape index (κ1) is 16.5. The second-order valence-electron chi connectivity index (χ2n) is 5.26. The van der Waals surface area contributed by atoms with E-state index in [1.165, 1.54) is 0 Å². The van der Waals surface area contributed by atoms with E-state index in [1.807, 2.05) is 6.07 Å². The number of pyridine rings is 1. The molecule has 2 rings (SSSR count). The maximum atomic E-state index is 11.8. The lowest BCUT2D eigenvalue weighted by molar-refractivity contribution is -0.145. The van der Waals surface area contributed by atoms with Crippen molar-refractivity contribution >= 4 is 5.97 Å². The van der Waals surface area contributed by atoms with E-state index in [0.29, 0.717) is 29.1 Å². The van der Waals surface area contributed by atoms with Gasteiger partial charge in [0.1, 0.15) is 29.7 Å². The van der Waals surface area contributed by atoms with Crippen LogP contribution in [0.4, 0.5) is 0 Å². The molecule has 0 aromatic carbocycles. The SMILES string of the molecule is Cc1cc(COC(=O)CCc2c(C)[nH]c(=O)c(C#N)c2C)no1. The Morgan fingerprint density at radius 2 is 2.17 bits per heavy atom. The molecule has 0 unspecified atom stereocenters. The zero-order chi connectivity index (χ0) is 17.0. The molecule has 7 nitrogen and oxygen atoms in total. The van der Waals surface area contributed by atoms with E-state index in [-0.39, 0.29) is 24.6 Å². The third-order valence-electron chi connectivity index (χ3n) is 3.56. The van der Waals surface area contributed by atoms with Crippen molar-refractivity contribution in [2.75, 3.05) is 0 Å². The summed E-state index contributed by atoms with van der Waals surface area (Å²) in [6, 6.07) is 3.59. The van der Waals surface area contributed by atoms with Crippen molar-refractivity contribution in [1.29, 1.82) is 5.26 Å². The molecule has 0 fully saturated rings. The molecule has 0 aliphatic carbocycles. The number of esters is 1. The fourth-order valence-electron chi connectivity index (χ4n) is 2.36. The molecule has 0 bridgehead atoms. The van der Waals surface area contributed by atoms with Crippen LogP contribution in [0.3, 0.4) is 0 Å². The summed E-state index contributed by atoms with van der Waals surface area (Å²) in [6.07, 6.45) is 0.537. The number of nitrogens with one attached hydrogen (secondary N) is 1. The Labute approximate surface area is 132 Å².